The van der Waals surface area contributed by atoms with Crippen LogP contribution in [0.15, 0.2) is 24.3 Å². The van der Waals surface area contributed by atoms with E-state index in [4.69, 9.17) is 0 Å². The zero-order valence-electron chi connectivity index (χ0n) is 14.3. The van der Waals surface area contributed by atoms with Crippen molar-refractivity contribution in [2.24, 2.45) is 0 Å². The van der Waals surface area contributed by atoms with Crippen LogP contribution >= 0.6 is 0 Å². The molecule has 3 amide bonds. The molecule has 2 aliphatic rings. The first-order valence-electron chi connectivity index (χ1n) is 8.93. The van der Waals surface area contributed by atoms with Crippen LogP contribution in [0, 0.1) is 5.82 Å². The van der Waals surface area contributed by atoms with Crippen LogP contribution in [-0.2, 0) is 4.79 Å². The zero-order valence-corrected chi connectivity index (χ0v) is 14.3. The van der Waals surface area contributed by atoms with Crippen molar-refractivity contribution in [2.75, 3.05) is 37.6 Å². The number of hydrogen-bond acceptors (Lipinski definition) is 4. The van der Waals surface area contributed by atoms with Crippen molar-refractivity contribution < 1.29 is 14.0 Å². The van der Waals surface area contributed by atoms with Crippen molar-refractivity contribution in [3.63, 3.8) is 0 Å². The van der Waals surface area contributed by atoms with E-state index >= 15 is 0 Å². The molecule has 1 saturated heterocycles. The molecule has 1 aromatic carbocycles. The normalized spacial score (nSPS) is 19.0. The molecule has 0 atom stereocenters. The Bertz CT molecular complexity index is 594. The summed E-state index contributed by atoms with van der Waals surface area (Å²) in [5, 5.41) is 5.27. The summed E-state index contributed by atoms with van der Waals surface area (Å²) in [6.07, 6.45) is 4.26. The minimum Gasteiger partial charge on any atom is -0.369 e. The average molecular weight is 348 g/mol. The van der Waals surface area contributed by atoms with Crippen LogP contribution in [0.25, 0.3) is 0 Å². The van der Waals surface area contributed by atoms with Gasteiger partial charge in [0.1, 0.15) is 5.82 Å². The Kier molecular flexibility index (Phi) is 5.86. The molecular weight excluding hydrogens is 323 g/mol. The van der Waals surface area contributed by atoms with Gasteiger partial charge in [0.05, 0.1) is 6.54 Å². The van der Waals surface area contributed by atoms with Gasteiger partial charge in [-0.2, -0.15) is 0 Å². The average Bonchev–Trinajstić information content (AvgIpc) is 3.09. The third kappa shape index (κ3) is 5.16. The van der Waals surface area contributed by atoms with E-state index in [1.54, 1.807) is 12.1 Å². The minimum absolute atomic E-state index is 0.201. The predicted molar refractivity (Wildman–Crippen MR) is 94.0 cm³/mol. The summed E-state index contributed by atoms with van der Waals surface area (Å²) in [6.45, 7) is 3.22. The molecule has 25 heavy (non-hydrogen) atoms. The summed E-state index contributed by atoms with van der Waals surface area (Å²) in [7, 11) is 0. The molecule has 0 spiro atoms. The number of hydrogen-bond donors (Lipinski definition) is 2. The Hall–Kier alpha value is -2.15. The summed E-state index contributed by atoms with van der Waals surface area (Å²) in [5.41, 5.74) is 0.987. The number of carbonyl (C=O) groups excluding carboxylic acids is 2. The monoisotopic (exact) mass is 348 g/mol. The number of anilines is 1. The number of imide groups is 1. The number of rotatable bonds is 4. The van der Waals surface area contributed by atoms with Crippen molar-refractivity contribution in [2.45, 2.75) is 31.7 Å². The number of urea groups is 1. The van der Waals surface area contributed by atoms with Crippen LogP contribution in [0.2, 0.25) is 0 Å². The highest BCUT2D eigenvalue weighted by Crippen LogP contribution is 2.18. The van der Waals surface area contributed by atoms with Crippen molar-refractivity contribution in [1.82, 2.24) is 15.5 Å². The zero-order chi connectivity index (χ0) is 17.6. The summed E-state index contributed by atoms with van der Waals surface area (Å²) >= 11 is 0. The standard InChI is InChI=1S/C18H25FN4O2/c19-14-5-7-16(8-6-14)23-11-9-22(10-12-23)13-17(24)21-18(25)20-15-3-1-2-4-15/h5-8,15H,1-4,9-13H2,(H2,20,21,24,25). The van der Waals surface area contributed by atoms with E-state index in [1.165, 1.54) is 12.1 Å². The van der Waals surface area contributed by atoms with E-state index in [0.29, 0.717) is 0 Å². The highest BCUT2D eigenvalue weighted by molar-refractivity contribution is 5.95. The summed E-state index contributed by atoms with van der Waals surface area (Å²) < 4.78 is 13.0. The van der Waals surface area contributed by atoms with Crippen LogP contribution in [-0.4, -0.2) is 55.6 Å². The lowest BCUT2D eigenvalue weighted by Crippen LogP contribution is -2.51. The molecule has 7 heteroatoms. The molecule has 6 nitrogen and oxygen atoms in total. The largest absolute Gasteiger partial charge is 0.369 e. The van der Waals surface area contributed by atoms with Gasteiger partial charge in [-0.15, -0.1) is 0 Å². The number of halogens is 1. The van der Waals surface area contributed by atoms with Gasteiger partial charge < -0.3 is 10.2 Å². The fourth-order valence-corrected chi connectivity index (χ4v) is 3.48. The maximum Gasteiger partial charge on any atom is 0.321 e. The van der Waals surface area contributed by atoms with Gasteiger partial charge in [0.2, 0.25) is 5.91 Å². The summed E-state index contributed by atoms with van der Waals surface area (Å²) in [6, 6.07) is 6.26. The molecule has 136 valence electrons. The summed E-state index contributed by atoms with van der Waals surface area (Å²) in [4.78, 5) is 28.0. The number of carbonyl (C=O) groups is 2. The van der Waals surface area contributed by atoms with Gasteiger partial charge in [-0.1, -0.05) is 12.8 Å². The fourth-order valence-electron chi connectivity index (χ4n) is 3.48. The van der Waals surface area contributed by atoms with Crippen molar-refractivity contribution >= 4 is 17.6 Å². The summed E-state index contributed by atoms with van der Waals surface area (Å²) in [5.74, 6) is -0.513. The molecule has 3 rings (SSSR count). The third-order valence-electron chi connectivity index (χ3n) is 4.87. The lowest BCUT2D eigenvalue weighted by Gasteiger charge is -2.35. The Morgan fingerprint density at radius 3 is 2.32 bits per heavy atom. The Labute approximate surface area is 147 Å². The van der Waals surface area contributed by atoms with Crippen molar-refractivity contribution in [1.29, 1.82) is 0 Å². The quantitative estimate of drug-likeness (QED) is 0.870. The van der Waals surface area contributed by atoms with Crippen molar-refractivity contribution in [3.05, 3.63) is 30.1 Å². The van der Waals surface area contributed by atoms with Crippen LogP contribution in [0.3, 0.4) is 0 Å². The van der Waals surface area contributed by atoms with Gasteiger partial charge in [-0.05, 0) is 37.1 Å². The van der Waals surface area contributed by atoms with Gasteiger partial charge in [-0.25, -0.2) is 9.18 Å². The molecule has 1 aliphatic carbocycles. The number of benzene rings is 1. The van der Waals surface area contributed by atoms with Gasteiger partial charge in [0.15, 0.2) is 0 Å². The van der Waals surface area contributed by atoms with Crippen LogP contribution in [0.1, 0.15) is 25.7 Å². The van der Waals surface area contributed by atoms with Crippen LogP contribution in [0.4, 0.5) is 14.9 Å². The van der Waals surface area contributed by atoms with E-state index in [0.717, 1.165) is 57.5 Å². The number of nitrogens with one attached hydrogen (secondary N) is 2. The predicted octanol–water partition coefficient (Wildman–Crippen LogP) is 1.72. The second-order valence-electron chi connectivity index (χ2n) is 6.74. The van der Waals surface area contributed by atoms with Gasteiger partial charge in [0, 0.05) is 37.9 Å². The molecule has 2 N–H and O–H groups in total. The number of piperazine rings is 1. The second-order valence-corrected chi connectivity index (χ2v) is 6.74. The van der Waals surface area contributed by atoms with Gasteiger partial charge >= 0.3 is 6.03 Å². The highest BCUT2D eigenvalue weighted by atomic mass is 19.1. The Morgan fingerprint density at radius 2 is 1.68 bits per heavy atom. The molecule has 2 fully saturated rings. The molecule has 0 aromatic heterocycles. The first kappa shape index (κ1) is 17.7. The smallest absolute Gasteiger partial charge is 0.321 e. The molecule has 0 bridgehead atoms. The van der Waals surface area contributed by atoms with E-state index in [1.807, 2.05) is 4.90 Å². The topological polar surface area (TPSA) is 64.7 Å². The second kappa shape index (κ2) is 8.29. The maximum atomic E-state index is 13.0. The van der Waals surface area contributed by atoms with Crippen molar-refractivity contribution in [3.8, 4) is 0 Å². The number of nitrogens with zero attached hydrogens (tertiary/aromatic N) is 2. The molecular formula is C18H25FN4O2. The number of amides is 3. The Morgan fingerprint density at radius 1 is 1.04 bits per heavy atom. The van der Waals surface area contributed by atoms with E-state index in [-0.39, 0.29) is 30.3 Å². The first-order valence-corrected chi connectivity index (χ1v) is 8.93. The van der Waals surface area contributed by atoms with Gasteiger partial charge in [0.25, 0.3) is 0 Å². The van der Waals surface area contributed by atoms with Gasteiger partial charge in [-0.3, -0.25) is 15.0 Å². The van der Waals surface area contributed by atoms with E-state index in [2.05, 4.69) is 15.5 Å². The SMILES string of the molecule is O=C(CN1CCN(c2ccc(F)cc2)CC1)NC(=O)NC1CCCC1. The lowest BCUT2D eigenvalue weighted by molar-refractivity contribution is -0.121. The molecule has 0 unspecified atom stereocenters. The molecule has 1 aromatic rings. The molecule has 1 saturated carbocycles. The molecule has 1 aliphatic heterocycles. The third-order valence-corrected chi connectivity index (χ3v) is 4.87. The van der Waals surface area contributed by atoms with Crippen LogP contribution in [0.5, 0.6) is 0 Å². The lowest BCUT2D eigenvalue weighted by atomic mass is 10.2. The fraction of sp³-hybridized carbons (Fsp3) is 0.556. The first-order chi connectivity index (χ1) is 12.1. The van der Waals surface area contributed by atoms with E-state index < -0.39 is 0 Å². The van der Waals surface area contributed by atoms with Crippen LogP contribution < -0.4 is 15.5 Å². The highest BCUT2D eigenvalue weighted by Gasteiger charge is 2.21. The maximum absolute atomic E-state index is 13.0. The minimum atomic E-state index is -0.387. The Balaban J connectivity index is 1.38. The molecule has 1 heterocycles. The van der Waals surface area contributed by atoms with E-state index in [9.17, 15) is 14.0 Å². The molecule has 0 radical (unpaired) electrons.